The molecule has 14 heavy (non-hydrogen) atoms. The van der Waals surface area contributed by atoms with Crippen LogP contribution in [-0.2, 0) is 0 Å². The minimum atomic E-state index is 0.482. The lowest BCUT2D eigenvalue weighted by molar-refractivity contribution is 0.159. The van der Waals surface area contributed by atoms with Gasteiger partial charge in [0, 0.05) is 6.04 Å². The Morgan fingerprint density at radius 3 is 3.07 bits per heavy atom. The van der Waals surface area contributed by atoms with E-state index in [1.807, 2.05) is 0 Å². The van der Waals surface area contributed by atoms with Crippen LogP contribution in [-0.4, -0.2) is 37.1 Å². The maximum absolute atomic E-state index is 8.33. The molecule has 0 radical (unpaired) electrons. The molecule has 1 heterocycles. The molecule has 3 heteroatoms. The van der Waals surface area contributed by atoms with Crippen molar-refractivity contribution in [1.29, 1.82) is 5.26 Å². The number of nitrogens with zero attached hydrogens (tertiary/aromatic N) is 2. The first-order valence-electron chi connectivity index (χ1n) is 5.66. The molecule has 0 amide bonds. The molecule has 0 aromatic carbocycles. The first-order valence-corrected chi connectivity index (χ1v) is 5.66. The van der Waals surface area contributed by atoms with Gasteiger partial charge in [0.15, 0.2) is 0 Å². The lowest BCUT2D eigenvalue weighted by Crippen LogP contribution is -2.38. The SMILES string of the molecule is CC1CCCCN1CCCNCC#N. The van der Waals surface area contributed by atoms with Gasteiger partial charge < -0.3 is 10.2 Å². The zero-order chi connectivity index (χ0) is 10.2. The Balaban J connectivity index is 2.02. The number of nitrogens with one attached hydrogen (secondary N) is 1. The standard InChI is InChI=1S/C11H21N3/c1-11-5-2-3-9-14(11)10-4-7-13-8-6-12/h11,13H,2-5,7-10H2,1H3. The largest absolute Gasteiger partial charge is 0.304 e. The number of hydrogen-bond donors (Lipinski definition) is 1. The van der Waals surface area contributed by atoms with Gasteiger partial charge in [-0.1, -0.05) is 6.42 Å². The van der Waals surface area contributed by atoms with Crippen LogP contribution >= 0.6 is 0 Å². The highest BCUT2D eigenvalue weighted by Crippen LogP contribution is 2.15. The molecule has 1 unspecified atom stereocenters. The van der Waals surface area contributed by atoms with Gasteiger partial charge in [0.25, 0.3) is 0 Å². The summed E-state index contributed by atoms with van der Waals surface area (Å²) in [4.78, 5) is 2.57. The Kier molecular flexibility index (Phi) is 5.58. The molecule has 1 rings (SSSR count). The Bertz CT molecular complexity index is 185. The van der Waals surface area contributed by atoms with E-state index < -0.39 is 0 Å². The highest BCUT2D eigenvalue weighted by atomic mass is 15.2. The molecular formula is C11H21N3. The molecule has 1 fully saturated rings. The fourth-order valence-electron chi connectivity index (χ4n) is 2.04. The zero-order valence-corrected chi connectivity index (χ0v) is 9.13. The van der Waals surface area contributed by atoms with Gasteiger partial charge in [-0.15, -0.1) is 0 Å². The van der Waals surface area contributed by atoms with Gasteiger partial charge in [0.05, 0.1) is 12.6 Å². The van der Waals surface area contributed by atoms with Crippen molar-refractivity contribution in [2.75, 3.05) is 26.2 Å². The summed E-state index contributed by atoms with van der Waals surface area (Å²) in [5.74, 6) is 0. The van der Waals surface area contributed by atoms with Gasteiger partial charge >= 0.3 is 0 Å². The Morgan fingerprint density at radius 2 is 2.36 bits per heavy atom. The molecule has 0 aliphatic carbocycles. The van der Waals surface area contributed by atoms with Gasteiger partial charge in [0.2, 0.25) is 0 Å². The molecule has 1 aliphatic rings. The van der Waals surface area contributed by atoms with Crippen LogP contribution < -0.4 is 5.32 Å². The van der Waals surface area contributed by atoms with E-state index in [4.69, 9.17) is 5.26 Å². The second-order valence-corrected chi connectivity index (χ2v) is 4.07. The predicted octanol–water partition coefficient (Wildman–Crippen LogP) is 1.36. The topological polar surface area (TPSA) is 39.1 Å². The summed E-state index contributed by atoms with van der Waals surface area (Å²) >= 11 is 0. The van der Waals surface area contributed by atoms with E-state index in [-0.39, 0.29) is 0 Å². The van der Waals surface area contributed by atoms with Crippen molar-refractivity contribution in [3.63, 3.8) is 0 Å². The smallest absolute Gasteiger partial charge is 0.0840 e. The summed E-state index contributed by atoms with van der Waals surface area (Å²) in [7, 11) is 0. The van der Waals surface area contributed by atoms with Gasteiger partial charge in [-0.2, -0.15) is 5.26 Å². The highest BCUT2D eigenvalue weighted by Gasteiger charge is 2.16. The normalized spacial score (nSPS) is 23.3. The minimum Gasteiger partial charge on any atom is -0.304 e. The van der Waals surface area contributed by atoms with Crippen LogP contribution in [0.3, 0.4) is 0 Å². The van der Waals surface area contributed by atoms with E-state index in [1.165, 1.54) is 32.4 Å². The van der Waals surface area contributed by atoms with Crippen molar-refractivity contribution in [3.8, 4) is 6.07 Å². The maximum atomic E-state index is 8.33. The molecule has 0 aromatic heterocycles. The summed E-state index contributed by atoms with van der Waals surface area (Å²) < 4.78 is 0. The number of piperidine rings is 1. The third kappa shape index (κ3) is 4.08. The number of rotatable bonds is 5. The summed E-state index contributed by atoms with van der Waals surface area (Å²) in [6, 6.07) is 2.85. The van der Waals surface area contributed by atoms with Crippen molar-refractivity contribution in [2.45, 2.75) is 38.6 Å². The average molecular weight is 195 g/mol. The van der Waals surface area contributed by atoms with E-state index >= 15 is 0 Å². The number of likely N-dealkylation sites (tertiary alicyclic amines) is 1. The summed E-state index contributed by atoms with van der Waals surface area (Å²) in [6.07, 6.45) is 5.26. The molecule has 1 aliphatic heterocycles. The lowest BCUT2D eigenvalue weighted by Gasteiger charge is -2.33. The minimum absolute atomic E-state index is 0.482. The van der Waals surface area contributed by atoms with Crippen LogP contribution in [0, 0.1) is 11.3 Å². The Labute approximate surface area is 87.1 Å². The molecule has 0 saturated carbocycles. The van der Waals surface area contributed by atoms with E-state index in [0.717, 1.165) is 19.0 Å². The Morgan fingerprint density at radius 1 is 1.50 bits per heavy atom. The summed E-state index contributed by atoms with van der Waals surface area (Å²) in [6.45, 7) is 6.22. The van der Waals surface area contributed by atoms with Crippen molar-refractivity contribution in [2.24, 2.45) is 0 Å². The molecule has 3 nitrogen and oxygen atoms in total. The van der Waals surface area contributed by atoms with Crippen LogP contribution in [0.15, 0.2) is 0 Å². The molecule has 1 saturated heterocycles. The van der Waals surface area contributed by atoms with Gasteiger partial charge in [-0.25, -0.2) is 0 Å². The lowest BCUT2D eigenvalue weighted by atomic mass is 10.0. The molecule has 0 spiro atoms. The highest BCUT2D eigenvalue weighted by molar-refractivity contribution is 4.75. The van der Waals surface area contributed by atoms with Crippen molar-refractivity contribution in [1.82, 2.24) is 10.2 Å². The van der Waals surface area contributed by atoms with E-state index in [9.17, 15) is 0 Å². The molecule has 80 valence electrons. The summed E-state index contributed by atoms with van der Waals surface area (Å²) in [5.41, 5.74) is 0. The number of nitriles is 1. The third-order valence-electron chi connectivity index (χ3n) is 2.94. The quantitative estimate of drug-likeness (QED) is 0.532. The van der Waals surface area contributed by atoms with Gasteiger partial charge in [0.1, 0.15) is 0 Å². The third-order valence-corrected chi connectivity index (χ3v) is 2.94. The van der Waals surface area contributed by atoms with Crippen LogP contribution in [0.4, 0.5) is 0 Å². The molecule has 0 bridgehead atoms. The van der Waals surface area contributed by atoms with Crippen molar-refractivity contribution >= 4 is 0 Å². The van der Waals surface area contributed by atoms with Crippen LogP contribution in [0.25, 0.3) is 0 Å². The summed E-state index contributed by atoms with van der Waals surface area (Å²) in [5, 5.41) is 11.4. The van der Waals surface area contributed by atoms with E-state index in [1.54, 1.807) is 0 Å². The first-order chi connectivity index (χ1) is 6.84. The molecular weight excluding hydrogens is 174 g/mol. The second-order valence-electron chi connectivity index (χ2n) is 4.07. The van der Waals surface area contributed by atoms with Gasteiger partial charge in [-0.05, 0) is 45.8 Å². The van der Waals surface area contributed by atoms with Crippen LogP contribution in [0.5, 0.6) is 0 Å². The average Bonchev–Trinajstić information content (AvgIpc) is 2.20. The van der Waals surface area contributed by atoms with Crippen molar-refractivity contribution in [3.05, 3.63) is 0 Å². The fourth-order valence-corrected chi connectivity index (χ4v) is 2.04. The maximum Gasteiger partial charge on any atom is 0.0840 e. The molecule has 0 aromatic rings. The molecule has 1 atom stereocenters. The Hall–Kier alpha value is -0.590. The predicted molar refractivity (Wildman–Crippen MR) is 58.0 cm³/mol. The van der Waals surface area contributed by atoms with E-state index in [2.05, 4.69) is 23.2 Å². The van der Waals surface area contributed by atoms with Crippen LogP contribution in [0.1, 0.15) is 32.6 Å². The molecule has 1 N–H and O–H groups in total. The van der Waals surface area contributed by atoms with Gasteiger partial charge in [-0.3, -0.25) is 0 Å². The fraction of sp³-hybridized carbons (Fsp3) is 0.909. The first kappa shape index (κ1) is 11.5. The zero-order valence-electron chi connectivity index (χ0n) is 9.13. The van der Waals surface area contributed by atoms with Crippen molar-refractivity contribution < 1.29 is 0 Å². The monoisotopic (exact) mass is 195 g/mol. The van der Waals surface area contributed by atoms with E-state index in [0.29, 0.717) is 6.54 Å². The van der Waals surface area contributed by atoms with Crippen LogP contribution in [0.2, 0.25) is 0 Å². The number of hydrogen-bond acceptors (Lipinski definition) is 3. The second kappa shape index (κ2) is 6.80.